The average Bonchev–Trinajstić information content (AvgIpc) is 2.94. The van der Waals surface area contributed by atoms with E-state index in [1.54, 1.807) is 45.0 Å². The Morgan fingerprint density at radius 2 is 1.45 bits per heavy atom. The van der Waals surface area contributed by atoms with E-state index in [0.717, 1.165) is 16.0 Å². The van der Waals surface area contributed by atoms with E-state index in [-0.39, 0.29) is 13.0 Å². The van der Waals surface area contributed by atoms with Crippen LogP contribution in [0.3, 0.4) is 0 Å². The number of amides is 3. The summed E-state index contributed by atoms with van der Waals surface area (Å²) >= 11 is 0. The third-order valence-corrected chi connectivity index (χ3v) is 5.86. The first-order chi connectivity index (χ1) is 19.1. The van der Waals surface area contributed by atoms with Crippen LogP contribution in [0.25, 0.3) is 0 Å². The summed E-state index contributed by atoms with van der Waals surface area (Å²) in [5, 5.41) is 5.53. The second kappa shape index (κ2) is 13.7. The molecular formula is C33H33N3O4. The van der Waals surface area contributed by atoms with E-state index in [4.69, 9.17) is 17.6 Å². The fraction of sp³-hybridized carbons (Fsp3) is 0.242. The SMILES string of the molecule is C#Cc1ccc(C(C(=O)NCc2ccccc2)N(C#C)C(=O)C(Cc2ccccc2)NC(=O)OC(C)(C)C)cc1. The first-order valence-corrected chi connectivity index (χ1v) is 12.8. The Hall–Kier alpha value is -5.01. The minimum Gasteiger partial charge on any atom is -0.444 e. The van der Waals surface area contributed by atoms with Crippen molar-refractivity contribution >= 4 is 17.9 Å². The predicted molar refractivity (Wildman–Crippen MR) is 154 cm³/mol. The first kappa shape index (κ1) is 29.5. The maximum absolute atomic E-state index is 14.0. The molecule has 2 N–H and O–H groups in total. The van der Waals surface area contributed by atoms with Gasteiger partial charge in [0.1, 0.15) is 17.7 Å². The van der Waals surface area contributed by atoms with Crippen LogP contribution in [0.1, 0.15) is 49.1 Å². The number of ether oxygens (including phenoxy) is 1. The zero-order valence-electron chi connectivity index (χ0n) is 22.9. The fourth-order valence-corrected chi connectivity index (χ4v) is 3.99. The van der Waals surface area contributed by atoms with Gasteiger partial charge in [0.15, 0.2) is 0 Å². The monoisotopic (exact) mass is 535 g/mol. The van der Waals surface area contributed by atoms with Crippen LogP contribution in [-0.4, -0.2) is 34.5 Å². The normalized spacial score (nSPS) is 12.1. The average molecular weight is 536 g/mol. The summed E-state index contributed by atoms with van der Waals surface area (Å²) in [4.78, 5) is 41.3. The number of nitrogens with zero attached hydrogens (tertiary/aromatic N) is 1. The molecule has 40 heavy (non-hydrogen) atoms. The molecule has 3 aromatic rings. The highest BCUT2D eigenvalue weighted by molar-refractivity contribution is 5.93. The van der Waals surface area contributed by atoms with Crippen molar-refractivity contribution in [1.82, 2.24) is 15.5 Å². The standard InChI is InChI=1S/C33H33N3O4/c1-6-24-18-20-27(21-19-24)29(30(37)34-23-26-16-12-9-13-17-26)36(7-2)31(38)28(22-25-14-10-8-11-15-25)35-32(39)40-33(3,4)5/h1-2,8-21,28-29H,22-23H2,3-5H3,(H,34,37)(H,35,39). The van der Waals surface area contributed by atoms with Crippen LogP contribution in [0.5, 0.6) is 0 Å². The molecule has 7 nitrogen and oxygen atoms in total. The Bertz CT molecular complexity index is 1380. The Labute approximate surface area is 235 Å². The zero-order valence-corrected chi connectivity index (χ0v) is 22.9. The summed E-state index contributed by atoms with van der Waals surface area (Å²) in [5.74, 6) is 1.41. The number of hydrogen-bond donors (Lipinski definition) is 2. The van der Waals surface area contributed by atoms with Crippen LogP contribution in [0.2, 0.25) is 0 Å². The van der Waals surface area contributed by atoms with Crippen molar-refractivity contribution < 1.29 is 19.1 Å². The lowest BCUT2D eigenvalue weighted by Crippen LogP contribution is -2.52. The summed E-state index contributed by atoms with van der Waals surface area (Å²) in [6.45, 7) is 5.40. The lowest BCUT2D eigenvalue weighted by molar-refractivity contribution is -0.138. The van der Waals surface area contributed by atoms with Gasteiger partial charge in [0.2, 0.25) is 5.91 Å². The van der Waals surface area contributed by atoms with E-state index in [2.05, 4.69) is 22.6 Å². The largest absolute Gasteiger partial charge is 0.444 e. The number of carbonyl (C=O) groups excluding carboxylic acids is 3. The van der Waals surface area contributed by atoms with Gasteiger partial charge in [-0.05, 0) is 49.6 Å². The minimum atomic E-state index is -1.19. The maximum atomic E-state index is 14.0. The van der Waals surface area contributed by atoms with Gasteiger partial charge < -0.3 is 15.4 Å². The Morgan fingerprint density at radius 1 is 0.875 bits per heavy atom. The van der Waals surface area contributed by atoms with Gasteiger partial charge in [-0.25, -0.2) is 4.79 Å². The number of carbonyl (C=O) groups is 3. The smallest absolute Gasteiger partial charge is 0.408 e. The molecule has 0 aliphatic carbocycles. The van der Waals surface area contributed by atoms with E-state index in [0.29, 0.717) is 11.1 Å². The lowest BCUT2D eigenvalue weighted by atomic mass is 10.00. The molecule has 0 aliphatic heterocycles. The molecule has 0 saturated carbocycles. The zero-order chi connectivity index (χ0) is 29.1. The molecule has 3 amide bonds. The maximum Gasteiger partial charge on any atom is 0.408 e. The van der Waals surface area contributed by atoms with Crippen molar-refractivity contribution in [1.29, 1.82) is 0 Å². The van der Waals surface area contributed by atoms with Crippen LogP contribution in [0, 0.1) is 24.8 Å². The number of rotatable bonds is 9. The van der Waals surface area contributed by atoms with Crippen molar-refractivity contribution in [3.8, 4) is 24.8 Å². The Balaban J connectivity index is 1.96. The summed E-state index contributed by atoms with van der Waals surface area (Å²) in [7, 11) is 0. The molecule has 0 bridgehead atoms. The lowest BCUT2D eigenvalue weighted by Gasteiger charge is -2.30. The van der Waals surface area contributed by atoms with Crippen molar-refractivity contribution in [2.24, 2.45) is 0 Å². The van der Waals surface area contributed by atoms with Gasteiger partial charge in [-0.15, -0.1) is 6.42 Å². The number of alkyl carbamates (subject to hydrolysis) is 1. The summed E-state index contributed by atoms with van der Waals surface area (Å²) < 4.78 is 5.40. The summed E-state index contributed by atoms with van der Waals surface area (Å²) in [5.41, 5.74) is 1.96. The summed E-state index contributed by atoms with van der Waals surface area (Å²) in [6.07, 6.45) is 10.7. The quantitative estimate of drug-likeness (QED) is 0.310. The van der Waals surface area contributed by atoms with Crippen molar-refractivity contribution in [2.75, 3.05) is 0 Å². The molecule has 0 spiro atoms. The Kier molecular flexibility index (Phi) is 10.1. The molecule has 0 aromatic heterocycles. The van der Waals surface area contributed by atoms with E-state index >= 15 is 0 Å². The molecule has 2 unspecified atom stereocenters. The molecule has 3 rings (SSSR count). The van der Waals surface area contributed by atoms with Crippen molar-refractivity contribution in [3.63, 3.8) is 0 Å². The second-order valence-corrected chi connectivity index (χ2v) is 10.1. The van der Waals surface area contributed by atoms with Crippen molar-refractivity contribution in [3.05, 3.63) is 107 Å². The van der Waals surface area contributed by atoms with Gasteiger partial charge in [-0.2, -0.15) is 0 Å². The highest BCUT2D eigenvalue weighted by Crippen LogP contribution is 2.23. The molecule has 0 saturated heterocycles. The molecule has 204 valence electrons. The third-order valence-electron chi connectivity index (χ3n) is 5.86. The van der Waals surface area contributed by atoms with Gasteiger partial charge in [-0.1, -0.05) is 85.1 Å². The fourth-order valence-electron chi connectivity index (χ4n) is 3.99. The van der Waals surface area contributed by atoms with Gasteiger partial charge in [0.05, 0.1) is 0 Å². The molecule has 2 atom stereocenters. The van der Waals surface area contributed by atoms with E-state index in [1.165, 1.54) is 0 Å². The topological polar surface area (TPSA) is 87.7 Å². The minimum absolute atomic E-state index is 0.130. The van der Waals surface area contributed by atoms with Crippen LogP contribution in [0.15, 0.2) is 84.9 Å². The number of nitrogens with one attached hydrogen (secondary N) is 2. The molecule has 0 fully saturated rings. The summed E-state index contributed by atoms with van der Waals surface area (Å²) in [6, 6.07) is 25.3. The predicted octanol–water partition coefficient (Wildman–Crippen LogP) is 4.58. The van der Waals surface area contributed by atoms with E-state index in [1.807, 2.05) is 60.7 Å². The number of benzene rings is 3. The van der Waals surface area contributed by atoms with E-state index < -0.39 is 35.6 Å². The molecule has 0 heterocycles. The Morgan fingerprint density at radius 3 is 1.98 bits per heavy atom. The molecule has 7 heteroatoms. The van der Waals surface area contributed by atoms with Gasteiger partial charge in [0, 0.05) is 24.6 Å². The number of terminal acetylenes is 2. The van der Waals surface area contributed by atoms with Gasteiger partial charge in [-0.3, -0.25) is 14.5 Å². The highest BCUT2D eigenvalue weighted by Gasteiger charge is 2.36. The molecule has 3 aromatic carbocycles. The number of hydrogen-bond acceptors (Lipinski definition) is 4. The molecule has 0 aliphatic rings. The first-order valence-electron chi connectivity index (χ1n) is 12.8. The van der Waals surface area contributed by atoms with Crippen molar-refractivity contribution in [2.45, 2.75) is 51.4 Å². The van der Waals surface area contributed by atoms with Gasteiger partial charge >= 0.3 is 6.09 Å². The second-order valence-electron chi connectivity index (χ2n) is 10.1. The third kappa shape index (κ3) is 8.51. The van der Waals surface area contributed by atoms with Gasteiger partial charge in [0.25, 0.3) is 5.91 Å². The highest BCUT2D eigenvalue weighted by atomic mass is 16.6. The van der Waals surface area contributed by atoms with Crippen LogP contribution >= 0.6 is 0 Å². The molecular weight excluding hydrogens is 502 g/mol. The van der Waals surface area contributed by atoms with Crippen LogP contribution < -0.4 is 10.6 Å². The van der Waals surface area contributed by atoms with Crippen LogP contribution in [-0.2, 0) is 27.3 Å². The molecule has 0 radical (unpaired) electrons. The van der Waals surface area contributed by atoms with Crippen LogP contribution in [0.4, 0.5) is 4.79 Å². The van der Waals surface area contributed by atoms with E-state index in [9.17, 15) is 14.4 Å².